The van der Waals surface area contributed by atoms with E-state index in [1.54, 1.807) is 18.2 Å². The third-order valence-corrected chi connectivity index (χ3v) is 6.14. The fourth-order valence-electron chi connectivity index (χ4n) is 4.39. The molecule has 0 saturated carbocycles. The van der Waals surface area contributed by atoms with Gasteiger partial charge in [-0.15, -0.1) is 0 Å². The van der Waals surface area contributed by atoms with Crippen molar-refractivity contribution in [2.75, 3.05) is 20.7 Å². The molecular formula is C23H20N4O6. The van der Waals surface area contributed by atoms with E-state index in [1.807, 2.05) is 6.07 Å². The molecule has 0 radical (unpaired) electrons. The van der Waals surface area contributed by atoms with Crippen molar-refractivity contribution in [3.05, 3.63) is 59.0 Å². The normalized spacial score (nSPS) is 19.7. The molecule has 5 rings (SSSR count). The molecule has 0 unspecified atom stereocenters. The number of pyridine rings is 1. The highest BCUT2D eigenvalue weighted by Crippen LogP contribution is 2.39. The zero-order valence-electron chi connectivity index (χ0n) is 17.9. The van der Waals surface area contributed by atoms with Crippen molar-refractivity contribution in [1.29, 1.82) is 0 Å². The number of carbonyl (C=O) groups is 4. The predicted molar refractivity (Wildman–Crippen MR) is 115 cm³/mol. The number of benzene rings is 1. The number of furan rings is 1. The molecule has 10 nitrogen and oxygen atoms in total. The predicted octanol–water partition coefficient (Wildman–Crippen LogP) is 1.14. The minimum Gasteiger partial charge on any atom is -0.497 e. The molecule has 0 bridgehead atoms. The summed E-state index contributed by atoms with van der Waals surface area (Å²) in [4.78, 5) is 56.1. The first-order valence-corrected chi connectivity index (χ1v) is 10.3. The van der Waals surface area contributed by atoms with Crippen LogP contribution in [0.2, 0.25) is 0 Å². The molecule has 1 aromatic carbocycles. The zero-order chi connectivity index (χ0) is 23.3. The van der Waals surface area contributed by atoms with Crippen LogP contribution >= 0.6 is 0 Å². The number of nitrogens with zero attached hydrogens (tertiary/aromatic N) is 2. The molecule has 33 heavy (non-hydrogen) atoms. The van der Waals surface area contributed by atoms with Crippen molar-refractivity contribution >= 4 is 34.7 Å². The molecule has 4 heterocycles. The number of fused-ring (bicyclic) bond motifs is 2. The summed E-state index contributed by atoms with van der Waals surface area (Å²) in [5.74, 6) is -0.815. The summed E-state index contributed by atoms with van der Waals surface area (Å²) >= 11 is 0. The van der Waals surface area contributed by atoms with E-state index >= 15 is 0 Å². The Hall–Kier alpha value is -4.21. The summed E-state index contributed by atoms with van der Waals surface area (Å²) < 4.78 is 11.2. The number of methoxy groups -OCH3 is 1. The maximum atomic E-state index is 13.1. The quantitative estimate of drug-likeness (QED) is 0.560. The van der Waals surface area contributed by atoms with Gasteiger partial charge in [-0.3, -0.25) is 29.5 Å². The van der Waals surface area contributed by atoms with Crippen molar-refractivity contribution in [3.63, 3.8) is 0 Å². The molecule has 2 aliphatic rings. The smallest absolute Gasteiger partial charge is 0.254 e. The Morgan fingerprint density at radius 2 is 2.09 bits per heavy atom. The van der Waals surface area contributed by atoms with Gasteiger partial charge < -0.3 is 19.4 Å². The molecule has 2 aromatic heterocycles. The highest BCUT2D eigenvalue weighted by molar-refractivity contribution is 6.10. The second kappa shape index (κ2) is 7.44. The van der Waals surface area contributed by atoms with Crippen LogP contribution in [-0.4, -0.2) is 54.2 Å². The van der Waals surface area contributed by atoms with Crippen molar-refractivity contribution in [1.82, 2.24) is 20.5 Å². The maximum absolute atomic E-state index is 13.1. The van der Waals surface area contributed by atoms with Gasteiger partial charge >= 0.3 is 0 Å². The largest absolute Gasteiger partial charge is 0.497 e. The average molecular weight is 448 g/mol. The van der Waals surface area contributed by atoms with Gasteiger partial charge in [0.05, 0.1) is 19.1 Å². The number of aromatic nitrogens is 1. The van der Waals surface area contributed by atoms with Gasteiger partial charge in [-0.25, -0.2) is 0 Å². The second-order valence-corrected chi connectivity index (χ2v) is 8.12. The molecule has 2 N–H and O–H groups in total. The first kappa shape index (κ1) is 20.7. The van der Waals surface area contributed by atoms with E-state index in [1.165, 1.54) is 31.3 Å². The fourth-order valence-corrected chi connectivity index (χ4v) is 4.39. The van der Waals surface area contributed by atoms with E-state index in [0.29, 0.717) is 34.5 Å². The van der Waals surface area contributed by atoms with Gasteiger partial charge in [0.25, 0.3) is 11.8 Å². The summed E-state index contributed by atoms with van der Waals surface area (Å²) in [5, 5.41) is 4.85. The third kappa shape index (κ3) is 3.22. The molecule has 3 aromatic rings. The van der Waals surface area contributed by atoms with Crippen molar-refractivity contribution < 1.29 is 28.3 Å². The van der Waals surface area contributed by atoms with Crippen LogP contribution in [0.15, 0.2) is 40.9 Å². The standard InChI is InChI=1S/C23H20N4O6/c1-24-20(29)13-5-17-16(25-9-13)7-18(33-17)23(8-19(28)26-22(23)31)11-27-10-12-3-4-14(32-2)6-15(12)21(27)30/h3-7,9H,8,10-11H2,1-2H3,(H,24,29)(H,26,28,31)/t23-/m1/s1. The molecule has 1 saturated heterocycles. The molecule has 10 heteroatoms. The lowest BCUT2D eigenvalue weighted by Gasteiger charge is -2.28. The minimum atomic E-state index is -1.41. The van der Waals surface area contributed by atoms with Crippen LogP contribution in [0.25, 0.3) is 11.1 Å². The van der Waals surface area contributed by atoms with Crippen LogP contribution in [0.1, 0.15) is 38.5 Å². The first-order valence-electron chi connectivity index (χ1n) is 10.3. The Bertz CT molecular complexity index is 1350. The Labute approximate surface area is 187 Å². The second-order valence-electron chi connectivity index (χ2n) is 8.12. The van der Waals surface area contributed by atoms with E-state index in [-0.39, 0.29) is 30.5 Å². The first-order chi connectivity index (χ1) is 15.8. The summed E-state index contributed by atoms with van der Waals surface area (Å²) in [6.07, 6.45) is 1.23. The number of carbonyl (C=O) groups excluding carboxylic acids is 4. The Morgan fingerprint density at radius 1 is 1.27 bits per heavy atom. The highest BCUT2D eigenvalue weighted by Gasteiger charge is 2.53. The number of hydrogen-bond donors (Lipinski definition) is 2. The van der Waals surface area contributed by atoms with E-state index in [0.717, 1.165) is 5.56 Å². The average Bonchev–Trinajstić information content (AvgIpc) is 3.46. The highest BCUT2D eigenvalue weighted by atomic mass is 16.5. The van der Waals surface area contributed by atoms with Crippen LogP contribution in [0, 0.1) is 0 Å². The molecule has 168 valence electrons. The van der Waals surface area contributed by atoms with E-state index in [2.05, 4.69) is 15.6 Å². The number of ether oxygens (including phenoxy) is 1. The Kier molecular flexibility index (Phi) is 4.66. The van der Waals surface area contributed by atoms with Gasteiger partial charge in [0.2, 0.25) is 11.8 Å². The molecule has 4 amide bonds. The summed E-state index contributed by atoms with van der Waals surface area (Å²) in [7, 11) is 3.03. The van der Waals surface area contributed by atoms with Crippen LogP contribution in [-0.2, 0) is 21.5 Å². The van der Waals surface area contributed by atoms with E-state index in [9.17, 15) is 19.2 Å². The number of imide groups is 1. The molecular weight excluding hydrogens is 428 g/mol. The molecule has 1 atom stereocenters. The lowest BCUT2D eigenvalue weighted by molar-refractivity contribution is -0.127. The summed E-state index contributed by atoms with van der Waals surface area (Å²) in [6, 6.07) is 8.35. The van der Waals surface area contributed by atoms with Gasteiger partial charge in [0, 0.05) is 38.0 Å². The van der Waals surface area contributed by atoms with E-state index in [4.69, 9.17) is 9.15 Å². The van der Waals surface area contributed by atoms with Crippen LogP contribution in [0.3, 0.4) is 0 Å². The lowest BCUT2D eigenvalue weighted by Crippen LogP contribution is -2.46. The number of amides is 4. The van der Waals surface area contributed by atoms with Crippen molar-refractivity contribution in [2.24, 2.45) is 0 Å². The van der Waals surface area contributed by atoms with Gasteiger partial charge in [0.1, 0.15) is 22.4 Å². The molecule has 1 fully saturated rings. The van der Waals surface area contributed by atoms with Crippen molar-refractivity contribution in [2.45, 2.75) is 18.4 Å². The zero-order valence-corrected chi connectivity index (χ0v) is 17.9. The summed E-state index contributed by atoms with van der Waals surface area (Å²) in [5.41, 5.74) is 0.930. The van der Waals surface area contributed by atoms with Gasteiger partial charge in [0.15, 0.2) is 5.58 Å². The maximum Gasteiger partial charge on any atom is 0.254 e. The van der Waals surface area contributed by atoms with Gasteiger partial charge in [-0.1, -0.05) is 6.07 Å². The number of rotatable bonds is 5. The minimum absolute atomic E-state index is 0.0530. The topological polar surface area (TPSA) is 131 Å². The van der Waals surface area contributed by atoms with Crippen LogP contribution in [0.5, 0.6) is 5.75 Å². The Morgan fingerprint density at radius 3 is 2.79 bits per heavy atom. The van der Waals surface area contributed by atoms with E-state index < -0.39 is 17.2 Å². The number of nitrogens with one attached hydrogen (secondary N) is 2. The van der Waals surface area contributed by atoms with Gasteiger partial charge in [-0.2, -0.15) is 0 Å². The van der Waals surface area contributed by atoms with Crippen molar-refractivity contribution in [3.8, 4) is 5.75 Å². The van der Waals surface area contributed by atoms with Gasteiger partial charge in [-0.05, 0) is 23.8 Å². The Balaban J connectivity index is 1.54. The number of hydrogen-bond acceptors (Lipinski definition) is 7. The molecule has 0 spiro atoms. The molecule has 0 aliphatic carbocycles. The fraction of sp³-hybridized carbons (Fsp3) is 0.261. The monoisotopic (exact) mass is 448 g/mol. The van der Waals surface area contributed by atoms with Crippen LogP contribution in [0.4, 0.5) is 0 Å². The van der Waals surface area contributed by atoms with Crippen LogP contribution < -0.4 is 15.4 Å². The molecule has 2 aliphatic heterocycles. The summed E-state index contributed by atoms with van der Waals surface area (Å²) in [6.45, 7) is 0.239. The lowest BCUT2D eigenvalue weighted by atomic mass is 9.82. The third-order valence-electron chi connectivity index (χ3n) is 6.14. The SMILES string of the molecule is CNC(=O)c1cnc2cc([C@]3(CN4Cc5ccc(OC)cc5C4=O)CC(=O)NC3=O)oc2c1.